The SMILES string of the molecule is COc1cccc(N2C[C@@H](C3CCCCC3)N(C)S(=O)(=O)c3cc(-c4ccc(F)c(C(=O)O)c4)c(Cl)cc32)c1. The summed E-state index contributed by atoms with van der Waals surface area (Å²) in [4.78, 5) is 13.6. The number of hydrogen-bond donors (Lipinski definition) is 1. The van der Waals surface area contributed by atoms with Crippen molar-refractivity contribution in [1.29, 1.82) is 0 Å². The molecule has 1 saturated carbocycles. The van der Waals surface area contributed by atoms with Gasteiger partial charge < -0.3 is 14.7 Å². The minimum Gasteiger partial charge on any atom is -0.497 e. The van der Waals surface area contributed by atoms with Crippen molar-refractivity contribution in [3.05, 3.63) is 71.0 Å². The molecule has 5 rings (SSSR count). The van der Waals surface area contributed by atoms with Crippen molar-refractivity contribution in [2.45, 2.75) is 43.0 Å². The number of likely N-dealkylation sites (N-methyl/N-ethyl adjacent to an activating group) is 1. The number of nitrogens with zero attached hydrogens (tertiary/aromatic N) is 2. The van der Waals surface area contributed by atoms with E-state index in [1.165, 1.54) is 22.5 Å². The number of benzene rings is 3. The van der Waals surface area contributed by atoms with Crippen molar-refractivity contribution in [3.8, 4) is 16.9 Å². The monoisotopic (exact) mass is 572 g/mol. The fourth-order valence-corrected chi connectivity index (χ4v) is 7.63. The van der Waals surface area contributed by atoms with Crippen molar-refractivity contribution >= 4 is 39.0 Å². The van der Waals surface area contributed by atoms with E-state index >= 15 is 0 Å². The molecule has 2 aliphatic rings. The Morgan fingerprint density at radius 2 is 1.82 bits per heavy atom. The van der Waals surface area contributed by atoms with Gasteiger partial charge in [0.15, 0.2) is 0 Å². The zero-order chi connectivity index (χ0) is 27.9. The maximum absolute atomic E-state index is 14.2. The van der Waals surface area contributed by atoms with Crippen LogP contribution in [-0.4, -0.2) is 50.5 Å². The summed E-state index contributed by atoms with van der Waals surface area (Å²) in [7, 11) is -0.777. The molecular weight excluding hydrogens is 543 g/mol. The molecule has 1 fully saturated rings. The van der Waals surface area contributed by atoms with E-state index in [9.17, 15) is 22.7 Å². The van der Waals surface area contributed by atoms with Crippen LogP contribution < -0.4 is 9.64 Å². The number of sulfonamides is 1. The first kappa shape index (κ1) is 27.4. The Hall–Kier alpha value is -3.14. The molecular formula is C29H30ClFN2O5S. The number of carboxylic acids is 1. The maximum atomic E-state index is 14.2. The summed E-state index contributed by atoms with van der Waals surface area (Å²) in [5.74, 6) is -1.47. The van der Waals surface area contributed by atoms with Gasteiger partial charge in [-0.1, -0.05) is 43.0 Å². The quantitative estimate of drug-likeness (QED) is 0.372. The van der Waals surface area contributed by atoms with Gasteiger partial charge in [-0.25, -0.2) is 17.6 Å². The largest absolute Gasteiger partial charge is 0.497 e. The molecule has 0 unspecified atom stereocenters. The number of hydrogen-bond acceptors (Lipinski definition) is 5. The molecule has 3 aromatic rings. The van der Waals surface area contributed by atoms with E-state index in [1.54, 1.807) is 20.2 Å². The molecule has 0 bridgehead atoms. The van der Waals surface area contributed by atoms with Gasteiger partial charge in [-0.15, -0.1) is 0 Å². The molecule has 1 heterocycles. The Kier molecular flexibility index (Phi) is 7.59. The Balaban J connectivity index is 1.72. The van der Waals surface area contributed by atoms with E-state index in [4.69, 9.17) is 16.3 Å². The first-order valence-corrected chi connectivity index (χ1v) is 14.7. The highest BCUT2D eigenvalue weighted by atomic mass is 35.5. The van der Waals surface area contributed by atoms with Crippen LogP contribution in [-0.2, 0) is 10.0 Å². The highest BCUT2D eigenvalue weighted by Crippen LogP contribution is 2.45. The average molecular weight is 573 g/mol. The number of fused-ring (bicyclic) bond motifs is 1. The van der Waals surface area contributed by atoms with Crippen molar-refractivity contribution in [2.24, 2.45) is 5.92 Å². The zero-order valence-electron chi connectivity index (χ0n) is 21.7. The summed E-state index contributed by atoms with van der Waals surface area (Å²) in [5.41, 5.74) is 1.27. The van der Waals surface area contributed by atoms with Gasteiger partial charge in [0, 0.05) is 37.0 Å². The third-order valence-corrected chi connectivity index (χ3v) is 10.1. The lowest BCUT2D eigenvalue weighted by Crippen LogP contribution is -2.46. The molecule has 3 aromatic carbocycles. The lowest BCUT2D eigenvalue weighted by molar-refractivity contribution is 0.0692. The van der Waals surface area contributed by atoms with Crippen LogP contribution in [0.2, 0.25) is 5.02 Å². The molecule has 39 heavy (non-hydrogen) atoms. The number of rotatable bonds is 5. The van der Waals surface area contributed by atoms with Gasteiger partial charge in [-0.05, 0) is 60.7 Å². The maximum Gasteiger partial charge on any atom is 0.338 e. The highest BCUT2D eigenvalue weighted by molar-refractivity contribution is 7.89. The molecule has 0 spiro atoms. The predicted molar refractivity (Wildman–Crippen MR) is 149 cm³/mol. The molecule has 1 aliphatic carbocycles. The van der Waals surface area contributed by atoms with Crippen LogP contribution in [0, 0.1) is 11.7 Å². The fraction of sp³-hybridized carbons (Fsp3) is 0.345. The number of anilines is 2. The normalized spacial score (nSPS) is 19.8. The summed E-state index contributed by atoms with van der Waals surface area (Å²) < 4.78 is 49.4. The standard InChI is InChI=1S/C29H30ClFN2O5S/c1-32-27(18-7-4-3-5-8-18)17-33(20-9-6-10-21(14-20)38-2)26-16-24(30)22(15-28(26)39(32,36)37)19-11-12-25(31)23(13-19)29(34)35/h6,9-16,18,27H,3-5,7-8,17H2,1-2H3,(H,34,35)/t27-/m0/s1. The number of methoxy groups -OCH3 is 1. The number of ether oxygens (including phenoxy) is 1. The van der Waals surface area contributed by atoms with Crippen LogP contribution >= 0.6 is 11.6 Å². The topological polar surface area (TPSA) is 87.2 Å². The Bertz CT molecular complexity index is 1520. The molecule has 206 valence electrons. The van der Waals surface area contributed by atoms with E-state index in [2.05, 4.69) is 0 Å². The van der Waals surface area contributed by atoms with E-state index in [0.29, 0.717) is 29.1 Å². The molecule has 1 aliphatic heterocycles. The summed E-state index contributed by atoms with van der Waals surface area (Å²) in [6.07, 6.45) is 5.18. The Morgan fingerprint density at radius 1 is 1.08 bits per heavy atom. The van der Waals surface area contributed by atoms with Crippen molar-refractivity contribution in [1.82, 2.24) is 4.31 Å². The predicted octanol–water partition coefficient (Wildman–Crippen LogP) is 6.57. The molecule has 10 heteroatoms. The second-order valence-electron chi connectivity index (χ2n) is 10.1. The molecule has 1 N–H and O–H groups in total. The summed E-state index contributed by atoms with van der Waals surface area (Å²) >= 11 is 6.75. The second-order valence-corrected chi connectivity index (χ2v) is 12.5. The number of aromatic carboxylic acids is 1. The number of halogens is 2. The van der Waals surface area contributed by atoms with Crippen molar-refractivity contribution in [3.63, 3.8) is 0 Å². The minimum absolute atomic E-state index is 0.0479. The minimum atomic E-state index is -3.98. The van der Waals surface area contributed by atoms with E-state index in [0.717, 1.165) is 43.9 Å². The van der Waals surface area contributed by atoms with Crippen molar-refractivity contribution in [2.75, 3.05) is 25.6 Å². The number of carbonyl (C=O) groups is 1. The van der Waals surface area contributed by atoms with E-state index in [1.807, 2.05) is 29.2 Å². The van der Waals surface area contributed by atoms with Gasteiger partial charge in [0.1, 0.15) is 16.5 Å². The Morgan fingerprint density at radius 3 is 2.51 bits per heavy atom. The second kappa shape index (κ2) is 10.8. The summed E-state index contributed by atoms with van der Waals surface area (Å²) in [6, 6.07) is 13.9. The van der Waals surface area contributed by atoms with E-state index in [-0.39, 0.29) is 21.9 Å². The van der Waals surface area contributed by atoms with Crippen LogP contribution in [0.15, 0.2) is 59.5 Å². The molecule has 0 radical (unpaired) electrons. The van der Waals surface area contributed by atoms with Gasteiger partial charge in [-0.2, -0.15) is 4.31 Å². The molecule has 0 aromatic heterocycles. The first-order valence-electron chi connectivity index (χ1n) is 12.9. The van der Waals surface area contributed by atoms with Gasteiger partial charge in [0.05, 0.1) is 23.4 Å². The number of carboxylic acid groups (broad SMARTS) is 1. The van der Waals surface area contributed by atoms with Crippen LogP contribution in [0.3, 0.4) is 0 Å². The zero-order valence-corrected chi connectivity index (χ0v) is 23.3. The summed E-state index contributed by atoms with van der Waals surface area (Å²) in [5, 5.41) is 9.64. The van der Waals surface area contributed by atoms with Crippen LogP contribution in [0.5, 0.6) is 5.75 Å². The van der Waals surface area contributed by atoms with Gasteiger partial charge in [-0.3, -0.25) is 0 Å². The molecule has 0 saturated heterocycles. The van der Waals surface area contributed by atoms with Crippen molar-refractivity contribution < 1.29 is 27.4 Å². The van der Waals surface area contributed by atoms with Crippen LogP contribution in [0.4, 0.5) is 15.8 Å². The van der Waals surface area contributed by atoms with Crippen LogP contribution in [0.1, 0.15) is 42.5 Å². The first-order chi connectivity index (χ1) is 18.6. The van der Waals surface area contributed by atoms with E-state index < -0.39 is 27.4 Å². The van der Waals surface area contributed by atoms with Gasteiger partial charge in [0.2, 0.25) is 10.0 Å². The molecule has 7 nitrogen and oxygen atoms in total. The van der Waals surface area contributed by atoms with Crippen LogP contribution in [0.25, 0.3) is 11.1 Å². The van der Waals surface area contributed by atoms with Gasteiger partial charge >= 0.3 is 5.97 Å². The summed E-state index contributed by atoms with van der Waals surface area (Å²) in [6.45, 7) is 0.427. The smallest absolute Gasteiger partial charge is 0.338 e. The third-order valence-electron chi connectivity index (χ3n) is 7.90. The van der Waals surface area contributed by atoms with Gasteiger partial charge in [0.25, 0.3) is 0 Å². The average Bonchev–Trinajstić information content (AvgIpc) is 3.01. The lowest BCUT2D eigenvalue weighted by atomic mass is 9.83. The fourth-order valence-electron chi connectivity index (χ4n) is 5.76. The highest BCUT2D eigenvalue weighted by Gasteiger charge is 2.41. The Labute approximate surface area is 232 Å². The third kappa shape index (κ3) is 5.11. The lowest BCUT2D eigenvalue weighted by Gasteiger charge is -2.37. The molecule has 0 amide bonds. The molecule has 1 atom stereocenters.